The number of nitrogen functional groups attached to an aromatic ring is 1. The zero-order chi connectivity index (χ0) is 13.1. The molecule has 1 atom stereocenters. The van der Waals surface area contributed by atoms with Gasteiger partial charge in [-0.3, -0.25) is 4.90 Å². The van der Waals surface area contributed by atoms with Gasteiger partial charge in [0.1, 0.15) is 5.82 Å². The van der Waals surface area contributed by atoms with Gasteiger partial charge in [0, 0.05) is 18.7 Å². The molecule has 1 aliphatic rings. The van der Waals surface area contributed by atoms with E-state index in [1.165, 1.54) is 12.5 Å². The van der Waals surface area contributed by atoms with Crippen LogP contribution in [0.5, 0.6) is 0 Å². The van der Waals surface area contributed by atoms with Gasteiger partial charge in [-0.1, -0.05) is 6.92 Å². The highest BCUT2D eigenvalue weighted by Crippen LogP contribution is 2.24. The van der Waals surface area contributed by atoms with E-state index in [1.807, 2.05) is 0 Å². The maximum atomic E-state index is 13.3. The minimum Gasteiger partial charge on any atom is -0.395 e. The standard InChI is InChI=1S/C13H19F2N3/c1-2-18-5-3-4-10(18)8-17-12-7-9(14)6-11(15)13(12)16/h6-7,10,17H,2-5,8,16H2,1H3. The summed E-state index contributed by atoms with van der Waals surface area (Å²) in [5.74, 6) is -1.32. The Morgan fingerprint density at radius 3 is 2.94 bits per heavy atom. The summed E-state index contributed by atoms with van der Waals surface area (Å²) in [5, 5.41) is 3.05. The Hall–Kier alpha value is -1.36. The summed E-state index contributed by atoms with van der Waals surface area (Å²) in [6.45, 7) is 4.88. The number of hydrogen-bond acceptors (Lipinski definition) is 3. The van der Waals surface area contributed by atoms with Crippen LogP contribution in [0.2, 0.25) is 0 Å². The predicted octanol–water partition coefficient (Wildman–Crippen LogP) is 2.44. The highest BCUT2D eigenvalue weighted by molar-refractivity contribution is 5.66. The molecule has 0 aliphatic carbocycles. The van der Waals surface area contributed by atoms with Crippen LogP contribution < -0.4 is 11.1 Å². The van der Waals surface area contributed by atoms with E-state index < -0.39 is 11.6 Å². The van der Waals surface area contributed by atoms with E-state index in [0.29, 0.717) is 18.3 Å². The minimum atomic E-state index is -0.712. The van der Waals surface area contributed by atoms with Crippen molar-refractivity contribution in [3.63, 3.8) is 0 Å². The zero-order valence-electron chi connectivity index (χ0n) is 10.5. The van der Waals surface area contributed by atoms with E-state index in [2.05, 4.69) is 17.1 Å². The molecule has 5 heteroatoms. The third-order valence-electron chi connectivity index (χ3n) is 3.53. The fourth-order valence-electron chi connectivity index (χ4n) is 2.50. The molecule has 1 unspecified atom stereocenters. The average molecular weight is 255 g/mol. The van der Waals surface area contributed by atoms with E-state index in [4.69, 9.17) is 5.73 Å². The van der Waals surface area contributed by atoms with Crippen LogP contribution in [0.15, 0.2) is 12.1 Å². The van der Waals surface area contributed by atoms with E-state index in [1.54, 1.807) is 0 Å². The van der Waals surface area contributed by atoms with Crippen molar-refractivity contribution in [1.29, 1.82) is 0 Å². The average Bonchev–Trinajstić information content (AvgIpc) is 2.79. The van der Waals surface area contributed by atoms with Gasteiger partial charge in [0.15, 0.2) is 5.82 Å². The molecule has 2 rings (SSSR count). The van der Waals surface area contributed by atoms with Crippen molar-refractivity contribution in [3.05, 3.63) is 23.8 Å². The first-order chi connectivity index (χ1) is 8.61. The Morgan fingerprint density at radius 2 is 2.22 bits per heavy atom. The van der Waals surface area contributed by atoms with Gasteiger partial charge in [0.2, 0.25) is 0 Å². The maximum absolute atomic E-state index is 13.3. The Bertz CT molecular complexity index is 423. The number of rotatable bonds is 4. The maximum Gasteiger partial charge on any atom is 0.151 e. The Kier molecular flexibility index (Phi) is 4.01. The van der Waals surface area contributed by atoms with Gasteiger partial charge in [-0.2, -0.15) is 0 Å². The molecule has 1 heterocycles. The molecular formula is C13H19F2N3. The largest absolute Gasteiger partial charge is 0.395 e. The molecule has 1 aromatic carbocycles. The van der Waals surface area contributed by atoms with E-state index in [0.717, 1.165) is 25.6 Å². The minimum absolute atomic E-state index is 0.0163. The van der Waals surface area contributed by atoms with Crippen LogP contribution in [0.4, 0.5) is 20.2 Å². The molecule has 0 amide bonds. The molecule has 1 aromatic rings. The molecule has 0 spiro atoms. The zero-order valence-corrected chi connectivity index (χ0v) is 10.5. The van der Waals surface area contributed by atoms with Gasteiger partial charge < -0.3 is 11.1 Å². The molecule has 3 nitrogen and oxygen atoms in total. The monoisotopic (exact) mass is 255 g/mol. The second-order valence-corrected chi connectivity index (χ2v) is 4.65. The topological polar surface area (TPSA) is 41.3 Å². The Morgan fingerprint density at radius 1 is 1.44 bits per heavy atom. The van der Waals surface area contributed by atoms with Crippen LogP contribution in [-0.4, -0.2) is 30.6 Å². The fourth-order valence-corrected chi connectivity index (χ4v) is 2.50. The smallest absolute Gasteiger partial charge is 0.151 e. The highest BCUT2D eigenvalue weighted by Gasteiger charge is 2.22. The normalized spacial score (nSPS) is 20.3. The highest BCUT2D eigenvalue weighted by atomic mass is 19.1. The third-order valence-corrected chi connectivity index (χ3v) is 3.53. The third kappa shape index (κ3) is 2.72. The lowest BCUT2D eigenvalue weighted by Gasteiger charge is -2.23. The van der Waals surface area contributed by atoms with Crippen LogP contribution in [0, 0.1) is 11.6 Å². The van der Waals surface area contributed by atoms with Crippen molar-refractivity contribution in [2.45, 2.75) is 25.8 Å². The molecule has 1 saturated heterocycles. The van der Waals surface area contributed by atoms with E-state index >= 15 is 0 Å². The van der Waals surface area contributed by atoms with Gasteiger partial charge in [-0.15, -0.1) is 0 Å². The first-order valence-electron chi connectivity index (χ1n) is 6.34. The SMILES string of the molecule is CCN1CCCC1CNc1cc(F)cc(F)c1N. The fraction of sp³-hybridized carbons (Fsp3) is 0.538. The summed E-state index contributed by atoms with van der Waals surface area (Å²) in [6, 6.07) is 2.46. The summed E-state index contributed by atoms with van der Waals surface area (Å²) in [7, 11) is 0. The van der Waals surface area contributed by atoms with Gasteiger partial charge in [0.25, 0.3) is 0 Å². The predicted molar refractivity (Wildman–Crippen MR) is 69.5 cm³/mol. The van der Waals surface area contributed by atoms with Crippen molar-refractivity contribution in [2.75, 3.05) is 30.7 Å². The Labute approximate surface area is 106 Å². The van der Waals surface area contributed by atoms with Gasteiger partial charge in [-0.25, -0.2) is 8.78 Å². The number of anilines is 2. The second-order valence-electron chi connectivity index (χ2n) is 4.65. The lowest BCUT2D eigenvalue weighted by atomic mass is 10.2. The summed E-state index contributed by atoms with van der Waals surface area (Å²) >= 11 is 0. The van der Waals surface area contributed by atoms with Crippen LogP contribution in [0.3, 0.4) is 0 Å². The number of nitrogens with zero attached hydrogens (tertiary/aromatic N) is 1. The molecule has 100 valence electrons. The molecule has 3 N–H and O–H groups in total. The second kappa shape index (κ2) is 5.52. The molecule has 0 bridgehead atoms. The van der Waals surface area contributed by atoms with Crippen molar-refractivity contribution in [2.24, 2.45) is 0 Å². The van der Waals surface area contributed by atoms with Crippen molar-refractivity contribution < 1.29 is 8.78 Å². The lowest BCUT2D eigenvalue weighted by Crippen LogP contribution is -2.34. The molecule has 0 aromatic heterocycles. The number of halogens is 2. The van der Waals surface area contributed by atoms with Crippen molar-refractivity contribution in [3.8, 4) is 0 Å². The molecule has 1 aliphatic heterocycles. The summed E-state index contributed by atoms with van der Waals surface area (Å²) in [6.07, 6.45) is 2.28. The van der Waals surface area contributed by atoms with Gasteiger partial charge >= 0.3 is 0 Å². The Balaban J connectivity index is 2.02. The molecule has 1 fully saturated rings. The molecule has 18 heavy (non-hydrogen) atoms. The molecule has 0 radical (unpaired) electrons. The number of likely N-dealkylation sites (tertiary alicyclic amines) is 1. The summed E-state index contributed by atoms with van der Waals surface area (Å²) in [5.41, 5.74) is 5.91. The lowest BCUT2D eigenvalue weighted by molar-refractivity contribution is 0.277. The van der Waals surface area contributed by atoms with E-state index in [9.17, 15) is 8.78 Å². The number of nitrogens with two attached hydrogens (primary N) is 1. The molecular weight excluding hydrogens is 236 g/mol. The molecule has 0 saturated carbocycles. The number of nitrogens with one attached hydrogen (secondary N) is 1. The van der Waals surface area contributed by atoms with Gasteiger partial charge in [0.05, 0.1) is 11.4 Å². The summed E-state index contributed by atoms with van der Waals surface area (Å²) < 4.78 is 26.4. The quantitative estimate of drug-likeness (QED) is 0.812. The number of hydrogen-bond donors (Lipinski definition) is 2. The first kappa shape index (κ1) is 13.1. The summed E-state index contributed by atoms with van der Waals surface area (Å²) in [4.78, 5) is 2.36. The van der Waals surface area contributed by atoms with Gasteiger partial charge in [-0.05, 0) is 32.0 Å². The van der Waals surface area contributed by atoms with Crippen LogP contribution in [0.1, 0.15) is 19.8 Å². The van der Waals surface area contributed by atoms with Crippen LogP contribution >= 0.6 is 0 Å². The van der Waals surface area contributed by atoms with E-state index in [-0.39, 0.29) is 5.69 Å². The first-order valence-corrected chi connectivity index (χ1v) is 6.34. The number of likely N-dealkylation sites (N-methyl/N-ethyl adjacent to an activating group) is 1. The van der Waals surface area contributed by atoms with Crippen molar-refractivity contribution >= 4 is 11.4 Å². The van der Waals surface area contributed by atoms with Crippen molar-refractivity contribution in [1.82, 2.24) is 4.90 Å². The van der Waals surface area contributed by atoms with Crippen LogP contribution in [0.25, 0.3) is 0 Å². The van der Waals surface area contributed by atoms with Crippen LogP contribution in [-0.2, 0) is 0 Å². The number of benzene rings is 1.